The van der Waals surface area contributed by atoms with E-state index in [1.165, 1.54) is 13.2 Å². The van der Waals surface area contributed by atoms with Gasteiger partial charge in [0.2, 0.25) is 17.2 Å². The molecule has 0 aliphatic heterocycles. The molecule has 0 unspecified atom stereocenters. The van der Waals surface area contributed by atoms with Crippen molar-refractivity contribution >= 4 is 98.1 Å². The van der Waals surface area contributed by atoms with E-state index >= 15 is 0 Å². The van der Waals surface area contributed by atoms with E-state index in [0.717, 1.165) is 35.0 Å². The Morgan fingerprint density at radius 2 is 1.29 bits per heavy atom. The third-order valence-corrected chi connectivity index (χ3v) is 10.0. The monoisotopic (exact) mass is 856 g/mol. The van der Waals surface area contributed by atoms with E-state index in [-0.39, 0.29) is 128 Å². The summed E-state index contributed by atoms with van der Waals surface area (Å²) >= 11 is 6.20. The number of methoxy groups -OCH3 is 1. The van der Waals surface area contributed by atoms with Crippen LogP contribution in [0, 0.1) is 0 Å². The summed E-state index contributed by atoms with van der Waals surface area (Å²) in [5.41, 5.74) is -1.25. The molecule has 18 nitrogen and oxygen atoms in total. The van der Waals surface area contributed by atoms with Crippen LogP contribution < -0.4 is 104 Å². The molecular weight excluding hydrogens is 835 g/mol. The zero-order valence-electron chi connectivity index (χ0n) is 29.0. The summed E-state index contributed by atoms with van der Waals surface area (Å²) in [6, 6.07) is 18.4. The van der Waals surface area contributed by atoms with E-state index in [9.17, 15) is 44.0 Å². The second-order valence-electron chi connectivity index (χ2n) is 10.6. The van der Waals surface area contributed by atoms with Gasteiger partial charge in [-0.15, -0.1) is 10.2 Å². The molecule has 0 fully saturated rings. The molecule has 0 bridgehead atoms. The van der Waals surface area contributed by atoms with Gasteiger partial charge >= 0.3 is 88.7 Å². The van der Waals surface area contributed by atoms with Crippen LogP contribution in [0.25, 0.3) is 21.5 Å². The van der Waals surface area contributed by atoms with Crippen LogP contribution in [0.3, 0.4) is 0 Å². The number of phenolic OH excluding ortho intramolecular Hbond substituents is 1. The molecule has 0 atom stereocenters. The van der Waals surface area contributed by atoms with Gasteiger partial charge < -0.3 is 20.5 Å². The topological polar surface area (TPSA) is 280 Å². The summed E-state index contributed by atoms with van der Waals surface area (Å²) in [6.45, 7) is 0. The van der Waals surface area contributed by atoms with Crippen molar-refractivity contribution in [3.63, 3.8) is 0 Å². The molecule has 6 aromatic rings. The Bertz CT molecular complexity index is 2820. The van der Waals surface area contributed by atoms with Crippen molar-refractivity contribution in [1.82, 2.24) is 15.0 Å². The van der Waals surface area contributed by atoms with Crippen molar-refractivity contribution in [3.8, 4) is 11.5 Å². The molecular formula is C30H22ClN7Na3O11S3+3. The van der Waals surface area contributed by atoms with Crippen molar-refractivity contribution in [3.05, 3.63) is 84.1 Å². The maximum absolute atomic E-state index is 12.5. The summed E-state index contributed by atoms with van der Waals surface area (Å²) in [7, 11) is -14.0. The number of anilines is 4. The fraction of sp³-hybridized carbons (Fsp3) is 0.0333. The first kappa shape index (κ1) is 46.8. The Balaban J connectivity index is 0.00000271. The molecule has 0 spiro atoms. The number of azo groups is 1. The van der Waals surface area contributed by atoms with Crippen LogP contribution >= 0.6 is 11.6 Å². The molecule has 0 aliphatic carbocycles. The number of halogens is 1. The number of fused-ring (bicyclic) bond motifs is 2. The molecule has 6 N–H and O–H groups in total. The molecule has 0 saturated heterocycles. The fourth-order valence-corrected chi connectivity index (χ4v) is 7.05. The Morgan fingerprint density at radius 1 is 0.673 bits per heavy atom. The van der Waals surface area contributed by atoms with Crippen LogP contribution in [0.1, 0.15) is 0 Å². The maximum atomic E-state index is 12.5. The molecule has 0 radical (unpaired) electrons. The maximum Gasteiger partial charge on any atom is 1.00 e. The standard InChI is InChI=1S/C30H22ClN7O11S3.3Na/c1-49-17-9-10-21(23(13-17)51(43,44)45)37-38-26-24(52(46,47)48)12-16-11-18(50(40,41)42)14-22(25(16)27(26)39)33-30-35-28(31)34-29(36-30)32-20-8-4-6-15-5-2-3-7-19(15)20;;;/h2-14,39H,1H3,(H,40,41,42)(H,43,44,45)(H,46,47,48)(H2,32,33,34,35,36);;;/q;3*+1. The van der Waals surface area contributed by atoms with Gasteiger partial charge in [0.1, 0.15) is 26.9 Å². The second kappa shape index (κ2) is 18.4. The summed E-state index contributed by atoms with van der Waals surface area (Å²) in [5.74, 6) is -1.43. The minimum absolute atomic E-state index is 0. The Morgan fingerprint density at radius 3 is 1.91 bits per heavy atom. The molecule has 1 heterocycles. The molecule has 1 aromatic heterocycles. The van der Waals surface area contributed by atoms with Crippen molar-refractivity contribution in [2.45, 2.75) is 14.7 Å². The van der Waals surface area contributed by atoms with E-state index in [1.54, 1.807) is 12.1 Å². The molecule has 55 heavy (non-hydrogen) atoms. The third-order valence-electron chi connectivity index (χ3n) is 7.29. The number of nitrogens with one attached hydrogen (secondary N) is 2. The molecule has 5 aromatic carbocycles. The largest absolute Gasteiger partial charge is 1.00 e. The Hall–Kier alpha value is -2.55. The van der Waals surface area contributed by atoms with E-state index in [4.69, 9.17) is 16.3 Å². The van der Waals surface area contributed by atoms with Gasteiger partial charge in [0.15, 0.2) is 5.75 Å². The average Bonchev–Trinajstić information content (AvgIpc) is 3.06. The number of rotatable bonds is 10. The van der Waals surface area contributed by atoms with Crippen LogP contribution in [0.2, 0.25) is 5.28 Å². The van der Waals surface area contributed by atoms with Crippen LogP contribution in [0.4, 0.5) is 34.6 Å². The van der Waals surface area contributed by atoms with Gasteiger partial charge in [-0.1, -0.05) is 36.4 Å². The molecule has 6 rings (SSSR count). The van der Waals surface area contributed by atoms with E-state index in [0.29, 0.717) is 11.8 Å². The molecule has 25 heteroatoms. The number of nitrogens with zero attached hydrogens (tertiary/aromatic N) is 5. The third kappa shape index (κ3) is 10.7. The van der Waals surface area contributed by atoms with Crippen molar-refractivity contribution in [2.75, 3.05) is 17.7 Å². The van der Waals surface area contributed by atoms with Crippen LogP contribution in [-0.2, 0) is 30.4 Å². The quantitative estimate of drug-likeness (QED) is 0.0461. The number of hydrogen-bond acceptors (Lipinski definition) is 15. The van der Waals surface area contributed by atoms with Crippen molar-refractivity contribution in [2.24, 2.45) is 10.2 Å². The minimum Gasteiger partial charge on any atom is -0.505 e. The number of aromatic nitrogens is 3. The van der Waals surface area contributed by atoms with E-state index in [2.05, 4.69) is 35.8 Å². The summed E-state index contributed by atoms with van der Waals surface area (Å²) < 4.78 is 108. The smallest absolute Gasteiger partial charge is 0.505 e. The normalized spacial score (nSPS) is 11.7. The Labute approximate surface area is 384 Å². The first-order valence-electron chi connectivity index (χ1n) is 14.2. The van der Waals surface area contributed by atoms with Gasteiger partial charge in [-0.05, 0) is 58.8 Å². The zero-order valence-corrected chi connectivity index (χ0v) is 38.2. The zero-order chi connectivity index (χ0) is 37.6. The molecule has 268 valence electrons. The molecule has 0 saturated carbocycles. The average molecular weight is 857 g/mol. The molecule has 0 aliphatic rings. The van der Waals surface area contributed by atoms with Crippen molar-refractivity contribution in [1.29, 1.82) is 0 Å². The molecule has 0 amide bonds. The van der Waals surface area contributed by atoms with Gasteiger partial charge in [-0.3, -0.25) is 13.7 Å². The summed E-state index contributed by atoms with van der Waals surface area (Å²) in [6.07, 6.45) is 0. The van der Waals surface area contributed by atoms with Gasteiger partial charge in [0.05, 0.1) is 17.7 Å². The summed E-state index contributed by atoms with van der Waals surface area (Å²) in [5, 5.41) is 25.2. The number of ether oxygens (including phenoxy) is 1. The van der Waals surface area contributed by atoms with E-state index < -0.39 is 62.2 Å². The van der Waals surface area contributed by atoms with Crippen LogP contribution in [0.15, 0.2) is 104 Å². The van der Waals surface area contributed by atoms with Gasteiger partial charge in [0.25, 0.3) is 30.4 Å². The van der Waals surface area contributed by atoms with Crippen LogP contribution in [-0.4, -0.2) is 66.1 Å². The second-order valence-corrected chi connectivity index (χ2v) is 15.2. The number of hydrogen-bond donors (Lipinski definition) is 6. The predicted molar refractivity (Wildman–Crippen MR) is 188 cm³/mol. The first-order chi connectivity index (χ1) is 24.4. The predicted octanol–water partition coefficient (Wildman–Crippen LogP) is -2.80. The fourth-order valence-electron chi connectivity index (χ4n) is 5.05. The SMILES string of the molecule is COc1ccc(N=Nc2c(S(=O)(=O)O)cc3cc(S(=O)(=O)O)cc(Nc4nc(Cl)nc(Nc5cccc6ccccc56)n4)c3c2O)c(S(=O)(=O)O)c1.[Na+].[Na+].[Na+]. The number of benzene rings is 5. The summed E-state index contributed by atoms with van der Waals surface area (Å²) in [4.78, 5) is 9.64. The Kier molecular flexibility index (Phi) is 15.6. The number of phenols is 1. The van der Waals surface area contributed by atoms with Crippen molar-refractivity contribution < 1.29 is 137 Å². The van der Waals surface area contributed by atoms with Gasteiger partial charge in [0, 0.05) is 22.5 Å². The minimum atomic E-state index is -5.27. The first-order valence-corrected chi connectivity index (χ1v) is 18.9. The van der Waals surface area contributed by atoms with Gasteiger partial charge in [-0.25, -0.2) is 0 Å². The van der Waals surface area contributed by atoms with E-state index in [1.807, 2.05) is 30.3 Å². The number of aromatic hydroxyl groups is 1. The van der Waals surface area contributed by atoms with Gasteiger partial charge in [-0.2, -0.15) is 40.2 Å². The van der Waals surface area contributed by atoms with Crippen LogP contribution in [0.5, 0.6) is 11.5 Å².